The molecule has 0 aliphatic rings. The van der Waals surface area contributed by atoms with Crippen molar-refractivity contribution in [3.8, 4) is 0 Å². The van der Waals surface area contributed by atoms with Crippen molar-refractivity contribution in [2.24, 2.45) is 0 Å². The first kappa shape index (κ1) is 27.3. The second-order valence-corrected chi connectivity index (χ2v) is 8.05. The number of ketones is 1. The number of carboxylic acids is 1. The molecule has 0 bridgehead atoms. The van der Waals surface area contributed by atoms with Gasteiger partial charge in [-0.1, -0.05) is 12.1 Å². The number of Topliss-reactive ketones (excluding diaryl/α,β-unsaturated/α-hetero) is 1. The number of rotatable bonds is 11. The second-order valence-electron chi connectivity index (χ2n) is 8.05. The van der Waals surface area contributed by atoms with Crippen molar-refractivity contribution in [2.75, 3.05) is 11.5 Å². The van der Waals surface area contributed by atoms with Crippen LogP contribution in [-0.2, 0) is 16.0 Å². The zero-order valence-corrected chi connectivity index (χ0v) is 18.8. The molecule has 1 aromatic heterocycles. The molecule has 1 heterocycles. The monoisotopic (exact) mass is 497 g/mol. The third-order valence-electron chi connectivity index (χ3n) is 5.33. The minimum absolute atomic E-state index is 0.0225. The van der Waals surface area contributed by atoms with E-state index >= 15 is 0 Å². The number of aromatic amines is 1. The summed E-state index contributed by atoms with van der Waals surface area (Å²) in [6, 6.07) is 4.67. The van der Waals surface area contributed by atoms with Crippen LogP contribution in [0, 0.1) is 0 Å². The second kappa shape index (κ2) is 11.5. The Kier molecular flexibility index (Phi) is 8.98. The summed E-state index contributed by atoms with van der Waals surface area (Å²) in [4.78, 5) is 53.0. The minimum Gasteiger partial charge on any atom is -0.481 e. The average molecular weight is 497 g/mol. The Morgan fingerprint density at radius 1 is 1.14 bits per heavy atom. The number of nitrogens with two attached hydrogens (primary N) is 2. The fourth-order valence-corrected chi connectivity index (χ4v) is 3.49. The van der Waals surface area contributed by atoms with Crippen LogP contribution in [0.15, 0.2) is 29.1 Å². The summed E-state index contributed by atoms with van der Waals surface area (Å²) in [5, 5.41) is 11.3. The Labute approximate surface area is 197 Å². The first-order chi connectivity index (χ1) is 16.3. The van der Waals surface area contributed by atoms with Crippen molar-refractivity contribution >= 4 is 29.4 Å². The molecule has 13 heteroatoms. The van der Waals surface area contributed by atoms with E-state index in [1.54, 1.807) is 6.92 Å². The predicted molar refractivity (Wildman–Crippen MR) is 121 cm³/mol. The van der Waals surface area contributed by atoms with Gasteiger partial charge in [-0.05, 0) is 50.3 Å². The third kappa shape index (κ3) is 7.83. The van der Waals surface area contributed by atoms with E-state index in [0.717, 1.165) is 0 Å². The maximum Gasteiger partial charge on any atom is 0.450 e. The lowest BCUT2D eigenvalue weighted by Crippen LogP contribution is -2.33. The molecule has 0 saturated carbocycles. The lowest BCUT2D eigenvalue weighted by molar-refractivity contribution is -0.173. The number of nitrogens with one attached hydrogen (secondary N) is 2. The Hall–Kier alpha value is -3.90. The van der Waals surface area contributed by atoms with Crippen LogP contribution in [-0.4, -0.2) is 45.0 Å². The van der Waals surface area contributed by atoms with Crippen molar-refractivity contribution < 1.29 is 32.7 Å². The van der Waals surface area contributed by atoms with Crippen LogP contribution in [0.4, 0.5) is 24.9 Å². The highest BCUT2D eigenvalue weighted by molar-refractivity contribution is 5.95. The van der Waals surface area contributed by atoms with Gasteiger partial charge in [-0.15, -0.1) is 0 Å². The lowest BCUT2D eigenvalue weighted by Gasteiger charge is -2.19. The molecule has 10 nitrogen and oxygen atoms in total. The summed E-state index contributed by atoms with van der Waals surface area (Å²) in [5.74, 6) is -5.37. The SMILES string of the molecule is C[C@H](CCC(=O)O)NC(=O)c1ccc(C(CCCc2c(N)nc(N)[nH]c2=O)C(=O)C(F)(F)F)cc1. The van der Waals surface area contributed by atoms with E-state index in [0.29, 0.717) is 0 Å². The zero-order chi connectivity index (χ0) is 26.3. The van der Waals surface area contributed by atoms with Crippen LogP contribution >= 0.6 is 0 Å². The molecule has 1 amide bonds. The molecule has 190 valence electrons. The van der Waals surface area contributed by atoms with Crippen LogP contribution in [0.3, 0.4) is 0 Å². The van der Waals surface area contributed by atoms with Gasteiger partial charge in [-0.3, -0.25) is 24.2 Å². The molecule has 0 saturated heterocycles. The van der Waals surface area contributed by atoms with Gasteiger partial charge in [-0.25, -0.2) is 0 Å². The molecule has 0 radical (unpaired) electrons. The first-order valence-electron chi connectivity index (χ1n) is 10.7. The van der Waals surface area contributed by atoms with Crippen LogP contribution in [0.2, 0.25) is 0 Å². The highest BCUT2D eigenvalue weighted by Gasteiger charge is 2.43. The molecule has 0 aliphatic heterocycles. The number of nitrogens with zero attached hydrogens (tertiary/aromatic N) is 1. The number of hydrogen-bond donors (Lipinski definition) is 5. The van der Waals surface area contributed by atoms with Gasteiger partial charge in [0.15, 0.2) is 0 Å². The summed E-state index contributed by atoms with van der Waals surface area (Å²) in [6.07, 6.45) is -5.25. The van der Waals surface area contributed by atoms with Crippen LogP contribution in [0.1, 0.15) is 60.0 Å². The Balaban J connectivity index is 2.15. The highest BCUT2D eigenvalue weighted by Crippen LogP contribution is 2.32. The van der Waals surface area contributed by atoms with Gasteiger partial charge in [0, 0.05) is 18.0 Å². The van der Waals surface area contributed by atoms with Crippen molar-refractivity contribution in [3.05, 3.63) is 51.3 Å². The van der Waals surface area contributed by atoms with E-state index in [1.807, 2.05) is 0 Å². The lowest BCUT2D eigenvalue weighted by atomic mass is 9.88. The molecule has 0 fully saturated rings. The number of anilines is 2. The number of nitrogen functional groups attached to an aromatic ring is 2. The zero-order valence-electron chi connectivity index (χ0n) is 18.8. The van der Waals surface area contributed by atoms with E-state index in [9.17, 15) is 32.3 Å². The number of aromatic nitrogens is 2. The third-order valence-corrected chi connectivity index (χ3v) is 5.33. The summed E-state index contributed by atoms with van der Waals surface area (Å²) in [7, 11) is 0. The summed E-state index contributed by atoms with van der Waals surface area (Å²) < 4.78 is 39.7. The molecule has 1 unspecified atom stereocenters. The largest absolute Gasteiger partial charge is 0.481 e. The van der Waals surface area contributed by atoms with Gasteiger partial charge in [0.1, 0.15) is 5.82 Å². The number of H-pyrrole nitrogens is 1. The van der Waals surface area contributed by atoms with Crippen molar-refractivity contribution in [1.29, 1.82) is 0 Å². The number of benzene rings is 1. The van der Waals surface area contributed by atoms with Gasteiger partial charge in [0.2, 0.25) is 11.7 Å². The van der Waals surface area contributed by atoms with Gasteiger partial charge in [0.05, 0.1) is 11.5 Å². The summed E-state index contributed by atoms with van der Waals surface area (Å²) >= 11 is 0. The van der Waals surface area contributed by atoms with Crippen LogP contribution < -0.4 is 22.3 Å². The van der Waals surface area contributed by atoms with Gasteiger partial charge < -0.3 is 21.9 Å². The number of carbonyl (C=O) groups is 3. The number of hydrogen-bond acceptors (Lipinski definition) is 7. The first-order valence-corrected chi connectivity index (χ1v) is 10.7. The highest BCUT2D eigenvalue weighted by atomic mass is 19.4. The van der Waals surface area contributed by atoms with E-state index in [-0.39, 0.29) is 60.6 Å². The number of carboxylic acid groups (broad SMARTS) is 1. The van der Waals surface area contributed by atoms with E-state index in [4.69, 9.17) is 16.6 Å². The number of carbonyl (C=O) groups excluding carboxylic acids is 2. The molecule has 2 aromatic rings. The summed E-state index contributed by atoms with van der Waals surface area (Å²) in [5.41, 5.74) is 10.7. The number of alkyl halides is 3. The predicted octanol–water partition coefficient (Wildman–Crippen LogP) is 2.16. The molecule has 0 aliphatic carbocycles. The van der Waals surface area contributed by atoms with E-state index in [1.165, 1.54) is 24.3 Å². The topological polar surface area (TPSA) is 181 Å². The van der Waals surface area contributed by atoms with Crippen molar-refractivity contribution in [2.45, 2.75) is 57.2 Å². The standard InChI is InChI=1S/C22H26F3N5O5/c1-11(5-10-16(31)32)28-19(34)13-8-6-12(7-9-13)14(17(33)22(23,24)25)3-2-4-15-18(26)29-21(27)30-20(15)35/h6-9,11,14H,2-5,10H2,1H3,(H,28,34)(H,31,32)(H5,26,27,29,30,35)/t11-,14?/m1/s1. The van der Waals surface area contributed by atoms with Gasteiger partial charge in [0.25, 0.3) is 11.5 Å². The summed E-state index contributed by atoms with van der Waals surface area (Å²) in [6.45, 7) is 1.63. The number of aliphatic carboxylic acids is 1. The molecule has 0 spiro atoms. The molecule has 7 N–H and O–H groups in total. The van der Waals surface area contributed by atoms with Crippen LogP contribution in [0.25, 0.3) is 0 Å². The van der Waals surface area contributed by atoms with E-state index < -0.39 is 41.4 Å². The Morgan fingerprint density at radius 2 is 1.77 bits per heavy atom. The molecular formula is C22H26F3N5O5. The fourth-order valence-electron chi connectivity index (χ4n) is 3.49. The number of halogens is 3. The quantitative estimate of drug-likeness (QED) is 0.313. The Bertz CT molecular complexity index is 1130. The minimum atomic E-state index is -5.08. The van der Waals surface area contributed by atoms with Crippen molar-refractivity contribution in [3.63, 3.8) is 0 Å². The fraction of sp³-hybridized carbons (Fsp3) is 0.409. The van der Waals surface area contributed by atoms with Gasteiger partial charge >= 0.3 is 12.1 Å². The number of amides is 1. The molecule has 35 heavy (non-hydrogen) atoms. The Morgan fingerprint density at radius 3 is 2.31 bits per heavy atom. The van der Waals surface area contributed by atoms with Crippen LogP contribution in [0.5, 0.6) is 0 Å². The van der Waals surface area contributed by atoms with E-state index in [2.05, 4.69) is 15.3 Å². The molecule has 2 rings (SSSR count). The normalized spacial score (nSPS) is 13.1. The maximum atomic E-state index is 13.2. The van der Waals surface area contributed by atoms with Crippen molar-refractivity contribution in [1.82, 2.24) is 15.3 Å². The molecule has 2 atom stereocenters. The molecule has 1 aromatic carbocycles. The smallest absolute Gasteiger partial charge is 0.450 e. The molecular weight excluding hydrogens is 471 g/mol. The van der Waals surface area contributed by atoms with Gasteiger partial charge in [-0.2, -0.15) is 18.2 Å². The maximum absolute atomic E-state index is 13.2. The average Bonchev–Trinajstić information content (AvgIpc) is 2.75.